The van der Waals surface area contributed by atoms with E-state index in [9.17, 15) is 22.8 Å². The van der Waals surface area contributed by atoms with E-state index < -0.39 is 23.7 Å². The molecule has 3 heterocycles. The van der Waals surface area contributed by atoms with Crippen LogP contribution in [0.25, 0.3) is 10.2 Å². The minimum absolute atomic E-state index is 0.0329. The van der Waals surface area contributed by atoms with Crippen LogP contribution >= 0.6 is 11.3 Å². The van der Waals surface area contributed by atoms with Crippen molar-refractivity contribution in [3.05, 3.63) is 22.6 Å². The van der Waals surface area contributed by atoms with Gasteiger partial charge in [0.15, 0.2) is 0 Å². The van der Waals surface area contributed by atoms with E-state index in [0.29, 0.717) is 39.1 Å². The molecule has 12 heteroatoms. The number of nitrogens with one attached hydrogen (secondary N) is 2. The van der Waals surface area contributed by atoms with Gasteiger partial charge in [0, 0.05) is 44.9 Å². The van der Waals surface area contributed by atoms with Crippen molar-refractivity contribution < 1.29 is 32.2 Å². The first-order valence-corrected chi connectivity index (χ1v) is 11.5. The predicted molar refractivity (Wildman–Crippen MR) is 119 cm³/mol. The van der Waals surface area contributed by atoms with Crippen molar-refractivity contribution in [3.63, 3.8) is 0 Å². The Labute approximate surface area is 193 Å². The summed E-state index contributed by atoms with van der Waals surface area (Å²) < 4.78 is 51.8. The molecule has 0 aliphatic carbocycles. The number of pyridine rings is 1. The van der Waals surface area contributed by atoms with Gasteiger partial charge in [0.1, 0.15) is 11.9 Å². The summed E-state index contributed by atoms with van der Waals surface area (Å²) in [7, 11) is 1.42. The highest BCUT2D eigenvalue weighted by Crippen LogP contribution is 2.40. The summed E-state index contributed by atoms with van der Waals surface area (Å²) in [5.74, 6) is -0.344. The molecule has 1 aliphatic heterocycles. The van der Waals surface area contributed by atoms with Crippen molar-refractivity contribution in [2.75, 3.05) is 38.2 Å². The van der Waals surface area contributed by atoms with E-state index in [2.05, 4.69) is 15.6 Å². The zero-order chi connectivity index (χ0) is 24.2. The van der Waals surface area contributed by atoms with Crippen LogP contribution in [0.2, 0.25) is 0 Å². The molecular weight excluding hydrogens is 461 g/mol. The van der Waals surface area contributed by atoms with Crippen molar-refractivity contribution in [1.29, 1.82) is 0 Å². The molecule has 0 unspecified atom stereocenters. The van der Waals surface area contributed by atoms with Crippen molar-refractivity contribution in [2.24, 2.45) is 0 Å². The van der Waals surface area contributed by atoms with Gasteiger partial charge in [0.2, 0.25) is 0 Å². The SMILES string of the molecule is CNC(=O)c1csc2c(C(F)(F)F)cc(N3CCC(OC(=O)NCCOC(C)C)CC3)nc12. The van der Waals surface area contributed by atoms with E-state index in [4.69, 9.17) is 9.47 Å². The molecule has 0 aromatic carbocycles. The third-order valence-electron chi connectivity index (χ3n) is 5.15. The highest BCUT2D eigenvalue weighted by atomic mass is 32.1. The van der Waals surface area contributed by atoms with E-state index >= 15 is 0 Å². The number of carbonyl (C=O) groups is 2. The molecule has 1 saturated heterocycles. The number of halogens is 3. The van der Waals surface area contributed by atoms with Crippen LogP contribution in [-0.4, -0.2) is 62.5 Å². The molecule has 0 atom stereocenters. The summed E-state index contributed by atoms with van der Waals surface area (Å²) >= 11 is 0.848. The van der Waals surface area contributed by atoms with Crippen molar-refractivity contribution in [1.82, 2.24) is 15.6 Å². The first kappa shape index (κ1) is 25.0. The van der Waals surface area contributed by atoms with Crippen LogP contribution in [0.1, 0.15) is 42.6 Å². The summed E-state index contributed by atoms with van der Waals surface area (Å²) in [6, 6.07) is 1.02. The summed E-state index contributed by atoms with van der Waals surface area (Å²) in [6.45, 7) is 5.23. The second-order valence-corrected chi connectivity index (χ2v) is 8.75. The molecule has 2 aromatic heterocycles. The summed E-state index contributed by atoms with van der Waals surface area (Å²) in [4.78, 5) is 30.2. The number of hydrogen-bond donors (Lipinski definition) is 2. The normalized spacial score (nSPS) is 15.2. The van der Waals surface area contributed by atoms with Crippen LogP contribution in [-0.2, 0) is 15.7 Å². The number of piperidine rings is 1. The van der Waals surface area contributed by atoms with Gasteiger partial charge in [-0.1, -0.05) is 0 Å². The van der Waals surface area contributed by atoms with Crippen molar-refractivity contribution in [2.45, 2.75) is 45.1 Å². The fourth-order valence-corrected chi connectivity index (χ4v) is 4.53. The van der Waals surface area contributed by atoms with Crippen LogP contribution in [0.3, 0.4) is 0 Å². The largest absolute Gasteiger partial charge is 0.446 e. The quantitative estimate of drug-likeness (QED) is 0.576. The van der Waals surface area contributed by atoms with Crippen LogP contribution in [0, 0.1) is 0 Å². The number of rotatable bonds is 7. The molecule has 0 spiro atoms. The number of fused-ring (bicyclic) bond motifs is 1. The number of aromatic nitrogens is 1. The predicted octanol–water partition coefficient (Wildman–Crippen LogP) is 3.79. The van der Waals surface area contributed by atoms with Crippen molar-refractivity contribution in [3.8, 4) is 0 Å². The standard InChI is InChI=1S/C21H27F3N4O4S/c1-12(2)31-9-6-26-20(30)32-13-4-7-28(8-5-13)16-10-15(21(22,23)24)18-17(27-16)14(11-33-18)19(29)25-3/h10-13H,4-9H2,1-3H3,(H,25,29)(H,26,30). The summed E-state index contributed by atoms with van der Waals surface area (Å²) in [5.41, 5.74) is -0.671. The number of thiophene rings is 1. The Bertz CT molecular complexity index is 988. The number of carbonyl (C=O) groups excluding carboxylic acids is 2. The number of alkyl halides is 3. The lowest BCUT2D eigenvalue weighted by molar-refractivity contribution is -0.136. The van der Waals surface area contributed by atoms with Crippen LogP contribution in [0.4, 0.5) is 23.8 Å². The number of amides is 2. The maximum atomic E-state index is 13.7. The van der Waals surface area contributed by atoms with Crippen LogP contribution in [0.5, 0.6) is 0 Å². The van der Waals surface area contributed by atoms with Gasteiger partial charge in [-0.2, -0.15) is 13.2 Å². The molecule has 8 nitrogen and oxygen atoms in total. The first-order chi connectivity index (χ1) is 15.6. The lowest BCUT2D eigenvalue weighted by Crippen LogP contribution is -2.40. The van der Waals surface area contributed by atoms with Gasteiger partial charge in [-0.05, 0) is 19.9 Å². The second-order valence-electron chi connectivity index (χ2n) is 7.87. The van der Waals surface area contributed by atoms with Gasteiger partial charge in [-0.15, -0.1) is 11.3 Å². The maximum absolute atomic E-state index is 13.7. The van der Waals surface area contributed by atoms with Crippen molar-refractivity contribution >= 4 is 39.4 Å². The Morgan fingerprint density at radius 1 is 1.30 bits per heavy atom. The minimum atomic E-state index is -4.58. The summed E-state index contributed by atoms with van der Waals surface area (Å²) in [5, 5.41) is 6.44. The van der Waals surface area contributed by atoms with Crippen LogP contribution in [0.15, 0.2) is 11.4 Å². The second kappa shape index (κ2) is 10.6. The Hall–Kier alpha value is -2.60. The van der Waals surface area contributed by atoms with Gasteiger partial charge in [-0.25, -0.2) is 9.78 Å². The molecule has 0 radical (unpaired) electrons. The first-order valence-electron chi connectivity index (χ1n) is 10.6. The Balaban J connectivity index is 1.68. The molecule has 1 fully saturated rings. The van der Waals surface area contributed by atoms with E-state index in [-0.39, 0.29) is 33.8 Å². The third kappa shape index (κ3) is 6.26. The van der Waals surface area contributed by atoms with Crippen LogP contribution < -0.4 is 15.5 Å². The van der Waals surface area contributed by atoms with E-state index in [0.717, 1.165) is 17.4 Å². The number of hydrogen-bond acceptors (Lipinski definition) is 7. The van der Waals surface area contributed by atoms with E-state index in [1.165, 1.54) is 12.4 Å². The van der Waals surface area contributed by atoms with Gasteiger partial charge < -0.3 is 25.0 Å². The summed E-state index contributed by atoms with van der Waals surface area (Å²) in [6.07, 6.45) is -4.51. The zero-order valence-corrected chi connectivity index (χ0v) is 19.4. The highest BCUT2D eigenvalue weighted by Gasteiger charge is 2.36. The fraction of sp³-hybridized carbons (Fsp3) is 0.571. The molecule has 3 rings (SSSR count). The average Bonchev–Trinajstić information content (AvgIpc) is 3.19. The maximum Gasteiger partial charge on any atom is 0.417 e. The van der Waals surface area contributed by atoms with Gasteiger partial charge in [0.05, 0.1) is 34.1 Å². The molecule has 1 aliphatic rings. The molecule has 0 saturated carbocycles. The minimum Gasteiger partial charge on any atom is -0.446 e. The topological polar surface area (TPSA) is 92.8 Å². The van der Waals surface area contributed by atoms with Gasteiger partial charge in [-0.3, -0.25) is 4.79 Å². The molecule has 2 N–H and O–H groups in total. The van der Waals surface area contributed by atoms with Gasteiger partial charge in [0.25, 0.3) is 5.91 Å². The highest BCUT2D eigenvalue weighted by molar-refractivity contribution is 7.17. The molecule has 0 bridgehead atoms. The number of anilines is 1. The number of ether oxygens (including phenoxy) is 2. The molecule has 33 heavy (non-hydrogen) atoms. The van der Waals surface area contributed by atoms with E-state index in [1.807, 2.05) is 13.8 Å². The fourth-order valence-electron chi connectivity index (χ4n) is 3.51. The smallest absolute Gasteiger partial charge is 0.417 e. The Kier molecular flexibility index (Phi) is 8.01. The Morgan fingerprint density at radius 2 is 2.00 bits per heavy atom. The molecule has 2 amide bonds. The lowest BCUT2D eigenvalue weighted by Gasteiger charge is -2.32. The number of alkyl carbamates (subject to hydrolysis) is 1. The molecule has 182 valence electrons. The third-order valence-corrected chi connectivity index (χ3v) is 6.15. The average molecular weight is 489 g/mol. The lowest BCUT2D eigenvalue weighted by atomic mass is 10.1. The van der Waals surface area contributed by atoms with E-state index in [1.54, 1.807) is 4.90 Å². The number of nitrogens with zero attached hydrogens (tertiary/aromatic N) is 2. The Morgan fingerprint density at radius 3 is 2.61 bits per heavy atom. The zero-order valence-electron chi connectivity index (χ0n) is 18.6. The van der Waals surface area contributed by atoms with Gasteiger partial charge >= 0.3 is 12.3 Å². The molecular formula is C21H27F3N4O4S. The monoisotopic (exact) mass is 488 g/mol. The molecule has 2 aromatic rings.